The summed E-state index contributed by atoms with van der Waals surface area (Å²) in [5, 5.41) is 10.2. The van der Waals surface area contributed by atoms with Gasteiger partial charge in [-0.05, 0) is 81.5 Å². The Balaban J connectivity index is 0.000000259. The first kappa shape index (κ1) is 26.2. The predicted molar refractivity (Wildman–Crippen MR) is 116 cm³/mol. The molecule has 9 heteroatoms. The van der Waals surface area contributed by atoms with E-state index in [9.17, 15) is 17.9 Å². The topological polar surface area (TPSA) is 86.7 Å². The zero-order valence-corrected chi connectivity index (χ0v) is 20.4. The molecular weight excluding hydrogens is 466 g/mol. The van der Waals surface area contributed by atoms with Crippen LogP contribution in [0.3, 0.4) is 0 Å². The zero-order valence-electron chi connectivity index (χ0n) is 16.8. The largest absolute Gasteiger partial charge is 1.00 e. The minimum atomic E-state index is -2.22. The first-order valence-corrected chi connectivity index (χ1v) is 10.3. The molecule has 0 saturated heterocycles. The van der Waals surface area contributed by atoms with Crippen molar-refractivity contribution in [1.82, 2.24) is 0 Å². The summed E-state index contributed by atoms with van der Waals surface area (Å²) in [6.07, 6.45) is 0. The van der Waals surface area contributed by atoms with Crippen LogP contribution in [0.1, 0.15) is 10.4 Å². The molecule has 0 bridgehead atoms. The molecule has 0 fully saturated rings. The molecule has 0 aromatic heterocycles. The molecule has 158 valence electrons. The molecule has 5 nitrogen and oxygen atoms in total. The van der Waals surface area contributed by atoms with Gasteiger partial charge in [0.25, 0.3) is 0 Å². The minimum absolute atomic E-state index is 0. The number of hydrogen-bond donors (Lipinski definition) is 1. The number of carbonyl (C=O) groups excluding carboxylic acids is 1. The molecule has 1 unspecified atom stereocenters. The third kappa shape index (κ3) is 6.95. The van der Waals surface area contributed by atoms with Crippen LogP contribution in [0.5, 0.6) is 0 Å². The fourth-order valence-corrected chi connectivity index (χ4v) is 3.41. The Kier molecular flexibility index (Phi) is 9.99. The second-order valence-corrected chi connectivity index (χ2v) is 7.73. The van der Waals surface area contributed by atoms with E-state index >= 15 is 0 Å². The van der Waals surface area contributed by atoms with Gasteiger partial charge in [-0.2, -0.15) is 5.26 Å². The van der Waals surface area contributed by atoms with Crippen LogP contribution in [0, 0.1) is 5.82 Å². The van der Waals surface area contributed by atoms with Gasteiger partial charge >= 0.3 is 35.5 Å². The summed E-state index contributed by atoms with van der Waals surface area (Å²) in [4.78, 5) is 14.4. The van der Waals surface area contributed by atoms with Crippen molar-refractivity contribution < 1.29 is 57.6 Å². The van der Waals surface area contributed by atoms with Crippen molar-refractivity contribution in [2.45, 2.75) is 4.90 Å². The third-order valence-electron chi connectivity index (χ3n) is 4.32. The molecule has 0 radical (unpaired) electrons. The van der Waals surface area contributed by atoms with Gasteiger partial charge in [-0.15, -0.1) is 0 Å². The molecule has 32 heavy (non-hydrogen) atoms. The minimum Gasteiger partial charge on any atom is -0.768 e. The monoisotopic (exact) mass is 480 g/mol. The number of fused-ring (bicyclic) bond motifs is 1. The Bertz CT molecular complexity index is 1250. The third-order valence-corrected chi connectivity index (χ3v) is 5.20. The maximum atomic E-state index is 12.9. The second-order valence-electron chi connectivity index (χ2n) is 6.35. The molecule has 0 spiro atoms. The van der Waals surface area contributed by atoms with Crippen LogP contribution in [-0.2, 0) is 16.0 Å². The molecule has 0 saturated carbocycles. The summed E-state index contributed by atoms with van der Waals surface area (Å²) in [5.41, 5.74) is 2.11. The molecule has 0 aliphatic rings. The van der Waals surface area contributed by atoms with Crippen LogP contribution >= 0.6 is 11.6 Å². The summed E-state index contributed by atoms with van der Waals surface area (Å²) in [6, 6.07) is 23.1. The Hall–Kier alpha value is -2.10. The first-order valence-electron chi connectivity index (χ1n) is 8.88. The average Bonchev–Trinajstić information content (AvgIpc) is 2.78. The summed E-state index contributed by atoms with van der Waals surface area (Å²) in [5.74, 6) is -1.08. The molecule has 1 N–H and O–H groups in total. The summed E-state index contributed by atoms with van der Waals surface area (Å²) < 4.78 is 34.8. The van der Waals surface area contributed by atoms with E-state index in [1.807, 2.05) is 18.2 Å². The molecule has 0 heterocycles. The molecule has 1 atom stereocenters. The van der Waals surface area contributed by atoms with E-state index in [1.165, 1.54) is 24.3 Å². The van der Waals surface area contributed by atoms with Crippen molar-refractivity contribution in [3.8, 4) is 11.1 Å². The Morgan fingerprint density at radius 3 is 2.16 bits per heavy atom. The van der Waals surface area contributed by atoms with Gasteiger partial charge in [-0.3, -0.25) is 9.10 Å². The zero-order chi connectivity index (χ0) is 22.4. The second kappa shape index (κ2) is 12.2. The fourth-order valence-electron chi connectivity index (χ4n) is 2.82. The fraction of sp³-hybridized carbons (Fsp3) is 0. The Morgan fingerprint density at radius 1 is 0.906 bits per heavy atom. The SMILES string of the molecule is O=C(OO)c1cccc(Cl)c1.O=S([O-])c1ccc2cc(-c3ccc(F)cc3)ccc2c1.[Na+]. The van der Waals surface area contributed by atoms with E-state index in [-0.39, 0.29) is 45.8 Å². The van der Waals surface area contributed by atoms with Gasteiger partial charge in [-0.25, -0.2) is 9.18 Å². The average molecular weight is 481 g/mol. The number of benzene rings is 4. The maximum Gasteiger partial charge on any atom is 1.00 e. The van der Waals surface area contributed by atoms with Crippen molar-refractivity contribution in [3.63, 3.8) is 0 Å². The van der Waals surface area contributed by atoms with Gasteiger partial charge in [0.1, 0.15) is 5.82 Å². The molecule has 4 rings (SSSR count). The van der Waals surface area contributed by atoms with Crippen molar-refractivity contribution in [2.75, 3.05) is 0 Å². The van der Waals surface area contributed by atoms with E-state index in [2.05, 4.69) is 4.89 Å². The maximum absolute atomic E-state index is 12.9. The molecule has 0 amide bonds. The van der Waals surface area contributed by atoms with Gasteiger partial charge in [0.2, 0.25) is 0 Å². The van der Waals surface area contributed by atoms with Crippen LogP contribution in [0.25, 0.3) is 21.9 Å². The Labute approximate surface area is 213 Å². The van der Waals surface area contributed by atoms with Crippen LogP contribution < -0.4 is 29.6 Å². The molecule has 0 aliphatic heterocycles. The number of halogens is 2. The quantitative estimate of drug-likeness (QED) is 0.211. The van der Waals surface area contributed by atoms with E-state index in [1.54, 1.807) is 42.5 Å². The summed E-state index contributed by atoms with van der Waals surface area (Å²) in [7, 11) is 0. The van der Waals surface area contributed by atoms with Gasteiger partial charge in [-0.1, -0.05) is 48.0 Å². The van der Waals surface area contributed by atoms with Crippen LogP contribution in [-0.4, -0.2) is 20.0 Å². The van der Waals surface area contributed by atoms with Crippen LogP contribution in [0.15, 0.2) is 89.8 Å². The molecular formula is C23H15ClFNaO5S. The number of rotatable bonds is 3. The predicted octanol–water partition coefficient (Wildman–Crippen LogP) is 2.86. The molecule has 0 aliphatic carbocycles. The van der Waals surface area contributed by atoms with Crippen molar-refractivity contribution in [2.24, 2.45) is 0 Å². The smallest absolute Gasteiger partial charge is 0.768 e. The van der Waals surface area contributed by atoms with Crippen molar-refractivity contribution in [1.29, 1.82) is 0 Å². The van der Waals surface area contributed by atoms with Crippen molar-refractivity contribution in [3.05, 3.63) is 101 Å². The number of carbonyl (C=O) groups is 1. The van der Waals surface area contributed by atoms with E-state index < -0.39 is 17.0 Å². The van der Waals surface area contributed by atoms with Gasteiger partial charge in [0.15, 0.2) is 0 Å². The van der Waals surface area contributed by atoms with Crippen LogP contribution in [0.2, 0.25) is 5.02 Å². The van der Waals surface area contributed by atoms with E-state index in [0.29, 0.717) is 5.02 Å². The van der Waals surface area contributed by atoms with Gasteiger partial charge < -0.3 is 4.55 Å². The van der Waals surface area contributed by atoms with E-state index in [0.717, 1.165) is 21.9 Å². The summed E-state index contributed by atoms with van der Waals surface area (Å²) in [6.45, 7) is 0. The number of hydrogen-bond acceptors (Lipinski definition) is 5. The van der Waals surface area contributed by atoms with Crippen molar-refractivity contribution >= 4 is 39.4 Å². The molecule has 4 aromatic carbocycles. The van der Waals surface area contributed by atoms with Gasteiger partial charge in [0.05, 0.1) is 5.56 Å². The van der Waals surface area contributed by atoms with Crippen LogP contribution in [0.4, 0.5) is 4.39 Å². The van der Waals surface area contributed by atoms with E-state index in [4.69, 9.17) is 16.9 Å². The Morgan fingerprint density at radius 2 is 1.53 bits per heavy atom. The standard InChI is InChI=1S/C16H11FO2S.C7H5ClO3.Na/c17-15-6-3-11(4-7-15)12-1-2-14-10-16(20(18)19)8-5-13(14)9-12;8-6-3-1-2-5(4-6)7(9)11-10;/h1-10H,(H,18,19);1-4,10H;/q;;+1/p-1. The first-order chi connectivity index (χ1) is 14.9. The summed E-state index contributed by atoms with van der Waals surface area (Å²) >= 11 is 3.34. The molecule has 4 aromatic rings. The normalized spacial score (nSPS) is 11.0. The van der Waals surface area contributed by atoms with Gasteiger partial charge in [0, 0.05) is 9.92 Å².